The number of aliphatic imine (C=N–C) groups is 1. The second-order valence-electron chi connectivity index (χ2n) is 15.4. The molecule has 5 aliphatic carbocycles. The first kappa shape index (κ1) is 29.2. The van der Waals surface area contributed by atoms with E-state index in [9.17, 15) is 24.3 Å². The molecule has 0 spiro atoms. The molecular weight excluding hydrogens is 506 g/mol. The van der Waals surface area contributed by atoms with Gasteiger partial charge in [0.15, 0.2) is 5.78 Å². The number of allylic oxidation sites excluding steroid dienone is 2. The van der Waals surface area contributed by atoms with Crippen molar-refractivity contribution in [2.75, 3.05) is 0 Å². The van der Waals surface area contributed by atoms with E-state index in [0.29, 0.717) is 25.7 Å². The minimum atomic E-state index is -0.941. The van der Waals surface area contributed by atoms with Crippen LogP contribution in [0, 0.1) is 44.8 Å². The van der Waals surface area contributed by atoms with Crippen molar-refractivity contribution in [3.8, 4) is 0 Å². The number of aliphatic carboxylic acids is 1. The van der Waals surface area contributed by atoms with Crippen LogP contribution in [0.2, 0.25) is 0 Å². The minimum Gasteiger partial charge on any atom is -0.481 e. The topological polar surface area (TPSA) is 110 Å². The van der Waals surface area contributed by atoms with Gasteiger partial charge in [0.1, 0.15) is 11.6 Å². The smallest absolute Gasteiger partial charge is 0.309 e. The molecule has 0 saturated heterocycles. The second kappa shape index (κ2) is 9.11. The maximum absolute atomic E-state index is 14.5. The van der Waals surface area contributed by atoms with Gasteiger partial charge in [-0.25, -0.2) is 4.79 Å². The van der Waals surface area contributed by atoms with E-state index in [2.05, 4.69) is 32.7 Å². The van der Waals surface area contributed by atoms with E-state index in [0.717, 1.165) is 32.1 Å². The molecule has 5 rings (SSSR count). The predicted octanol–water partition coefficient (Wildman–Crippen LogP) is 6.44. The average Bonchev–Trinajstić information content (AvgIpc) is 2.88. The van der Waals surface area contributed by atoms with E-state index in [-0.39, 0.29) is 52.2 Å². The van der Waals surface area contributed by atoms with Crippen LogP contribution in [0.5, 0.6) is 0 Å². The molecule has 0 aromatic heterocycles. The van der Waals surface area contributed by atoms with Crippen molar-refractivity contribution in [2.45, 2.75) is 124 Å². The lowest BCUT2D eigenvalue weighted by Crippen LogP contribution is -2.68. The highest BCUT2D eigenvalue weighted by Crippen LogP contribution is 2.74. The number of carboxylic acids is 1. The Hall–Kier alpha value is -2.27. The molecule has 0 heterocycles. The Morgan fingerprint density at radius 1 is 1.02 bits per heavy atom. The van der Waals surface area contributed by atoms with Gasteiger partial charge in [0, 0.05) is 12.3 Å². The summed E-state index contributed by atoms with van der Waals surface area (Å²) >= 11 is 0. The number of esters is 1. The molecule has 0 aliphatic heterocycles. The Morgan fingerprint density at radius 3 is 2.33 bits per heavy atom. The summed E-state index contributed by atoms with van der Waals surface area (Å²) in [4.78, 5) is 55.1. The number of ketones is 1. The van der Waals surface area contributed by atoms with Gasteiger partial charge in [-0.1, -0.05) is 40.2 Å². The van der Waals surface area contributed by atoms with Crippen LogP contribution in [-0.4, -0.2) is 40.6 Å². The van der Waals surface area contributed by atoms with Gasteiger partial charge in [0.2, 0.25) is 6.08 Å². The van der Waals surface area contributed by atoms with Crippen LogP contribution in [0.25, 0.3) is 0 Å². The Balaban J connectivity index is 1.59. The van der Waals surface area contributed by atoms with Crippen molar-refractivity contribution >= 4 is 23.8 Å². The van der Waals surface area contributed by atoms with Crippen molar-refractivity contribution in [1.82, 2.24) is 0 Å². The third kappa shape index (κ3) is 3.71. The molecule has 4 saturated carbocycles. The molecule has 4 fully saturated rings. The van der Waals surface area contributed by atoms with Gasteiger partial charge in [-0.15, -0.1) is 0 Å². The molecular formula is C33H47NO6. The molecule has 0 aromatic carbocycles. The first-order chi connectivity index (χ1) is 18.5. The summed E-state index contributed by atoms with van der Waals surface area (Å²) in [6.07, 6.45) is 10.4. The molecule has 0 unspecified atom stereocenters. The van der Waals surface area contributed by atoms with E-state index < -0.39 is 28.4 Å². The van der Waals surface area contributed by atoms with Crippen molar-refractivity contribution in [3.05, 3.63) is 11.6 Å². The Bertz CT molecular complexity index is 1220. The zero-order valence-electron chi connectivity index (χ0n) is 25.4. The number of fused-ring (bicyclic) bond motifs is 7. The molecule has 0 aromatic rings. The third-order valence-electron chi connectivity index (χ3n) is 13.5. The van der Waals surface area contributed by atoms with Crippen LogP contribution in [-0.2, 0) is 23.9 Å². The molecule has 5 aliphatic rings. The summed E-state index contributed by atoms with van der Waals surface area (Å²) in [5.74, 6) is -1.20. The fraction of sp³-hybridized carbons (Fsp3) is 0.818. The van der Waals surface area contributed by atoms with Crippen molar-refractivity contribution in [3.63, 3.8) is 0 Å². The summed E-state index contributed by atoms with van der Waals surface area (Å²) in [5, 5.41) is 10.1. The monoisotopic (exact) mass is 553 g/mol. The minimum absolute atomic E-state index is 0.00332. The van der Waals surface area contributed by atoms with Crippen molar-refractivity contribution in [2.24, 2.45) is 49.8 Å². The number of hydrogen-bond donors (Lipinski definition) is 1. The zero-order chi connectivity index (χ0) is 29.5. The molecule has 1 N–H and O–H groups in total. The fourth-order valence-corrected chi connectivity index (χ4v) is 10.7. The number of carbonyl (C=O) groups is 3. The lowest BCUT2D eigenvalue weighted by molar-refractivity contribution is -0.196. The highest BCUT2D eigenvalue weighted by atomic mass is 16.5. The average molecular weight is 554 g/mol. The maximum Gasteiger partial charge on any atom is 0.309 e. The van der Waals surface area contributed by atoms with Gasteiger partial charge in [0.25, 0.3) is 0 Å². The summed E-state index contributed by atoms with van der Waals surface area (Å²) < 4.78 is 5.85. The highest BCUT2D eigenvalue weighted by molar-refractivity contribution is 5.95. The summed E-state index contributed by atoms with van der Waals surface area (Å²) in [6, 6.07) is 0. The molecule has 0 bridgehead atoms. The van der Waals surface area contributed by atoms with Crippen molar-refractivity contribution < 1.29 is 29.0 Å². The zero-order valence-corrected chi connectivity index (χ0v) is 25.4. The highest BCUT2D eigenvalue weighted by Gasteiger charge is 2.71. The summed E-state index contributed by atoms with van der Waals surface area (Å²) in [7, 11) is 0. The van der Waals surface area contributed by atoms with Crippen molar-refractivity contribution in [1.29, 1.82) is 0 Å². The normalized spacial score (nSPS) is 49.7. The quantitative estimate of drug-likeness (QED) is 0.244. The van der Waals surface area contributed by atoms with E-state index in [1.807, 2.05) is 19.9 Å². The predicted molar refractivity (Wildman–Crippen MR) is 150 cm³/mol. The number of rotatable bonds is 4. The lowest BCUT2D eigenvalue weighted by Gasteiger charge is -2.70. The first-order valence-electron chi connectivity index (χ1n) is 15.3. The largest absolute Gasteiger partial charge is 0.481 e. The standard InChI is InChI=1S/C33H47NO6/c1-8-25(37)40-24-10-11-30(4)23(33(24,7)34-19-35)9-12-32(6)26(30)22(36)17-20-21-18-29(3,27(38)39)14-13-28(21,2)15-16-31(20,32)5/h17,21,23-24,26H,8-16,18H2,1-7H3,(H,38,39)/t21-,23+,24-,26+,28+,29-,30-,31+,32+,33-/m0/s1. The Morgan fingerprint density at radius 2 is 1.70 bits per heavy atom. The van der Waals surface area contributed by atoms with Crippen LogP contribution in [0.1, 0.15) is 113 Å². The van der Waals surface area contributed by atoms with Crippen LogP contribution < -0.4 is 0 Å². The molecule has 7 nitrogen and oxygen atoms in total. The van der Waals surface area contributed by atoms with E-state index >= 15 is 0 Å². The van der Waals surface area contributed by atoms with Gasteiger partial charge >= 0.3 is 11.9 Å². The van der Waals surface area contributed by atoms with Gasteiger partial charge in [-0.2, -0.15) is 4.99 Å². The maximum atomic E-state index is 14.5. The fourth-order valence-electron chi connectivity index (χ4n) is 10.7. The first-order valence-corrected chi connectivity index (χ1v) is 15.3. The summed E-state index contributed by atoms with van der Waals surface area (Å²) in [6.45, 7) is 14.7. The lowest BCUT2D eigenvalue weighted by atomic mass is 9.34. The number of carbonyl (C=O) groups excluding carboxylic acids is 3. The van der Waals surface area contributed by atoms with Crippen LogP contribution in [0.4, 0.5) is 0 Å². The number of nitrogens with zero attached hydrogens (tertiary/aromatic N) is 1. The molecule has 40 heavy (non-hydrogen) atoms. The number of hydrogen-bond acceptors (Lipinski definition) is 6. The molecule has 0 amide bonds. The van der Waals surface area contributed by atoms with E-state index in [1.54, 1.807) is 13.0 Å². The van der Waals surface area contributed by atoms with Crippen LogP contribution in [0.3, 0.4) is 0 Å². The van der Waals surface area contributed by atoms with Gasteiger partial charge in [0.05, 0.1) is 5.41 Å². The van der Waals surface area contributed by atoms with E-state index in [4.69, 9.17) is 4.74 Å². The molecule has 0 radical (unpaired) electrons. The molecule has 220 valence electrons. The van der Waals surface area contributed by atoms with Crippen LogP contribution in [0.15, 0.2) is 16.6 Å². The van der Waals surface area contributed by atoms with Gasteiger partial charge in [-0.3, -0.25) is 14.4 Å². The third-order valence-corrected chi connectivity index (χ3v) is 13.5. The molecule has 10 atom stereocenters. The van der Waals surface area contributed by atoms with Crippen LogP contribution >= 0.6 is 0 Å². The van der Waals surface area contributed by atoms with E-state index in [1.165, 1.54) is 5.57 Å². The van der Waals surface area contributed by atoms with Gasteiger partial charge < -0.3 is 9.84 Å². The molecule has 7 heteroatoms. The number of ether oxygens (including phenoxy) is 1. The second-order valence-corrected chi connectivity index (χ2v) is 15.4. The van der Waals surface area contributed by atoms with Gasteiger partial charge in [-0.05, 0) is 111 Å². The summed E-state index contributed by atoms with van der Waals surface area (Å²) in [5.41, 5.74) is -1.50. The Kier molecular flexibility index (Phi) is 6.66. The number of isocyanates is 1. The number of carboxylic acid groups (broad SMARTS) is 1. The SMILES string of the molecule is CCC(=O)O[C@H]1CC[C@@]2(C)[C@@H](CC[C@]3(C)[C@@H]2C(=O)C=C2[C@@H]4C[C@@](C)(C(=O)O)CC[C@]4(C)CC[C@]23C)[C@]1(C)N=C=O. The Labute approximate surface area is 238 Å².